The highest BCUT2D eigenvalue weighted by atomic mass is 79.9. The number of halogens is 2. The average Bonchev–Trinajstić information content (AvgIpc) is 2.31. The van der Waals surface area contributed by atoms with Crippen LogP contribution >= 0.6 is 27.5 Å². The molecule has 0 unspecified atom stereocenters. The first kappa shape index (κ1) is 14.3. The summed E-state index contributed by atoms with van der Waals surface area (Å²) in [5.41, 5.74) is 0.636. The zero-order valence-corrected chi connectivity index (χ0v) is 12.1. The highest BCUT2D eigenvalue weighted by molar-refractivity contribution is 9.10. The summed E-state index contributed by atoms with van der Waals surface area (Å²) >= 11 is 9.22. The minimum Gasteiger partial charge on any atom is -0.335 e. The molecule has 1 aromatic carbocycles. The first-order valence-electron chi connectivity index (χ1n) is 5.45. The van der Waals surface area contributed by atoms with Crippen LogP contribution in [0.3, 0.4) is 0 Å². The van der Waals surface area contributed by atoms with Crippen LogP contribution < -0.4 is 0 Å². The predicted molar refractivity (Wildman–Crippen MR) is 75.5 cm³/mol. The lowest BCUT2D eigenvalue weighted by atomic mass is 10.2. The molecule has 0 aliphatic heterocycles. The molecular formula is C13H15BrClNO. The standard InChI is InChI=1S/C13H15BrClNO/c1-3-7-16(8-4-2)13(17)10-5-6-12(15)11(14)9-10/h3,5-6,9H,1,4,7-8H2,2H3. The van der Waals surface area contributed by atoms with Crippen LogP contribution in [0.25, 0.3) is 0 Å². The Morgan fingerprint density at radius 1 is 1.59 bits per heavy atom. The second-order valence-corrected chi connectivity index (χ2v) is 4.93. The van der Waals surface area contributed by atoms with Gasteiger partial charge in [0.1, 0.15) is 0 Å². The summed E-state index contributed by atoms with van der Waals surface area (Å²) in [4.78, 5) is 14.0. The van der Waals surface area contributed by atoms with E-state index in [4.69, 9.17) is 11.6 Å². The summed E-state index contributed by atoms with van der Waals surface area (Å²) in [6.45, 7) is 7.00. The van der Waals surface area contributed by atoms with Gasteiger partial charge < -0.3 is 4.90 Å². The second kappa shape index (κ2) is 6.82. The van der Waals surface area contributed by atoms with E-state index in [1.807, 2.05) is 6.92 Å². The lowest BCUT2D eigenvalue weighted by Crippen LogP contribution is -2.31. The van der Waals surface area contributed by atoms with Crippen molar-refractivity contribution in [3.8, 4) is 0 Å². The van der Waals surface area contributed by atoms with E-state index in [1.165, 1.54) is 0 Å². The molecule has 0 fully saturated rings. The van der Waals surface area contributed by atoms with Gasteiger partial charge in [0.25, 0.3) is 5.91 Å². The van der Waals surface area contributed by atoms with Crippen molar-refractivity contribution in [2.75, 3.05) is 13.1 Å². The third-order valence-electron chi connectivity index (χ3n) is 2.30. The molecule has 0 saturated heterocycles. The number of rotatable bonds is 5. The molecule has 4 heteroatoms. The fourth-order valence-electron chi connectivity index (χ4n) is 1.51. The van der Waals surface area contributed by atoms with Crippen LogP contribution in [0, 0.1) is 0 Å². The topological polar surface area (TPSA) is 20.3 Å². The molecule has 1 aromatic rings. The zero-order chi connectivity index (χ0) is 12.8. The van der Waals surface area contributed by atoms with E-state index in [0.717, 1.165) is 17.4 Å². The fraction of sp³-hybridized carbons (Fsp3) is 0.308. The molecule has 0 spiro atoms. The largest absolute Gasteiger partial charge is 0.335 e. The van der Waals surface area contributed by atoms with Crippen LogP contribution in [0.15, 0.2) is 35.3 Å². The lowest BCUT2D eigenvalue weighted by molar-refractivity contribution is 0.0774. The third kappa shape index (κ3) is 3.86. The molecule has 17 heavy (non-hydrogen) atoms. The Labute approximate surface area is 115 Å². The fourth-order valence-corrected chi connectivity index (χ4v) is 2.01. The summed E-state index contributed by atoms with van der Waals surface area (Å²) < 4.78 is 0.736. The van der Waals surface area contributed by atoms with E-state index in [0.29, 0.717) is 17.1 Å². The van der Waals surface area contributed by atoms with E-state index < -0.39 is 0 Å². The molecule has 0 radical (unpaired) electrons. The third-order valence-corrected chi connectivity index (χ3v) is 3.51. The average molecular weight is 317 g/mol. The number of amides is 1. The van der Waals surface area contributed by atoms with Gasteiger partial charge in [-0.1, -0.05) is 24.6 Å². The summed E-state index contributed by atoms with van der Waals surface area (Å²) in [6.07, 6.45) is 2.66. The van der Waals surface area contributed by atoms with E-state index >= 15 is 0 Å². The first-order valence-corrected chi connectivity index (χ1v) is 6.62. The highest BCUT2D eigenvalue weighted by Gasteiger charge is 2.14. The number of carbonyl (C=O) groups excluding carboxylic acids is 1. The van der Waals surface area contributed by atoms with Crippen molar-refractivity contribution in [3.63, 3.8) is 0 Å². The van der Waals surface area contributed by atoms with Gasteiger partial charge >= 0.3 is 0 Å². The van der Waals surface area contributed by atoms with Gasteiger partial charge in [0.15, 0.2) is 0 Å². The van der Waals surface area contributed by atoms with Crippen LogP contribution in [0.4, 0.5) is 0 Å². The monoisotopic (exact) mass is 315 g/mol. The molecule has 2 nitrogen and oxygen atoms in total. The summed E-state index contributed by atoms with van der Waals surface area (Å²) in [6, 6.07) is 5.20. The second-order valence-electron chi connectivity index (χ2n) is 3.67. The maximum absolute atomic E-state index is 12.2. The van der Waals surface area contributed by atoms with Crippen molar-refractivity contribution in [1.29, 1.82) is 0 Å². The van der Waals surface area contributed by atoms with Gasteiger partial charge in [0, 0.05) is 23.1 Å². The lowest BCUT2D eigenvalue weighted by Gasteiger charge is -2.20. The Hall–Kier alpha value is -0.800. The smallest absolute Gasteiger partial charge is 0.254 e. The summed E-state index contributed by atoms with van der Waals surface area (Å²) in [7, 11) is 0. The van der Waals surface area contributed by atoms with Gasteiger partial charge in [-0.05, 0) is 40.5 Å². The molecule has 0 bridgehead atoms. The highest BCUT2D eigenvalue weighted by Crippen LogP contribution is 2.23. The Balaban J connectivity index is 2.92. The van der Waals surface area contributed by atoms with Gasteiger partial charge in [-0.2, -0.15) is 0 Å². The number of benzene rings is 1. The Morgan fingerprint density at radius 2 is 2.29 bits per heavy atom. The van der Waals surface area contributed by atoms with Crippen molar-refractivity contribution in [3.05, 3.63) is 45.9 Å². The van der Waals surface area contributed by atoms with Crippen LogP contribution in [0.2, 0.25) is 5.02 Å². The van der Waals surface area contributed by atoms with Gasteiger partial charge in [0.05, 0.1) is 5.02 Å². The maximum Gasteiger partial charge on any atom is 0.254 e. The minimum atomic E-state index is 0.00381. The zero-order valence-electron chi connectivity index (χ0n) is 9.75. The van der Waals surface area contributed by atoms with Gasteiger partial charge in [0.2, 0.25) is 0 Å². The van der Waals surface area contributed by atoms with Crippen molar-refractivity contribution in [2.45, 2.75) is 13.3 Å². The first-order chi connectivity index (χ1) is 8.10. The van der Waals surface area contributed by atoms with Gasteiger partial charge in [-0.15, -0.1) is 6.58 Å². The molecule has 92 valence electrons. The molecule has 0 heterocycles. The molecule has 0 aliphatic rings. The quantitative estimate of drug-likeness (QED) is 0.748. The number of nitrogens with zero attached hydrogens (tertiary/aromatic N) is 1. The van der Waals surface area contributed by atoms with Crippen molar-refractivity contribution >= 4 is 33.4 Å². The van der Waals surface area contributed by atoms with Crippen LogP contribution in [0.5, 0.6) is 0 Å². The van der Waals surface area contributed by atoms with Crippen LogP contribution in [-0.4, -0.2) is 23.9 Å². The van der Waals surface area contributed by atoms with E-state index in [2.05, 4.69) is 22.5 Å². The number of hydrogen-bond donors (Lipinski definition) is 0. The van der Waals surface area contributed by atoms with Crippen LogP contribution in [0.1, 0.15) is 23.7 Å². The van der Waals surface area contributed by atoms with Crippen molar-refractivity contribution in [2.24, 2.45) is 0 Å². The summed E-state index contributed by atoms with van der Waals surface area (Å²) in [5.74, 6) is 0.00381. The van der Waals surface area contributed by atoms with Crippen molar-refractivity contribution in [1.82, 2.24) is 4.90 Å². The van der Waals surface area contributed by atoms with E-state index in [1.54, 1.807) is 29.2 Å². The van der Waals surface area contributed by atoms with Gasteiger partial charge in [-0.25, -0.2) is 0 Å². The molecule has 1 rings (SSSR count). The minimum absolute atomic E-state index is 0.00381. The molecule has 0 aliphatic carbocycles. The molecule has 0 saturated carbocycles. The van der Waals surface area contributed by atoms with Gasteiger partial charge in [-0.3, -0.25) is 4.79 Å². The summed E-state index contributed by atoms with van der Waals surface area (Å²) in [5, 5.41) is 0.604. The molecule has 0 atom stereocenters. The van der Waals surface area contributed by atoms with Crippen LogP contribution in [-0.2, 0) is 0 Å². The number of carbonyl (C=O) groups is 1. The number of hydrogen-bond acceptors (Lipinski definition) is 1. The maximum atomic E-state index is 12.2. The normalized spacial score (nSPS) is 10.1. The van der Waals surface area contributed by atoms with Crippen molar-refractivity contribution < 1.29 is 4.79 Å². The van der Waals surface area contributed by atoms with E-state index in [-0.39, 0.29) is 5.91 Å². The molecule has 0 aromatic heterocycles. The SMILES string of the molecule is C=CCN(CCC)C(=O)c1ccc(Cl)c(Br)c1. The Morgan fingerprint density at radius 3 is 2.82 bits per heavy atom. The Bertz CT molecular complexity index is 420. The molecule has 1 amide bonds. The van der Waals surface area contributed by atoms with E-state index in [9.17, 15) is 4.79 Å². The predicted octanol–water partition coefficient (Wildman–Crippen LogP) is 4.14. The molecular weight excluding hydrogens is 302 g/mol. The molecule has 0 N–H and O–H groups in total. The Kier molecular flexibility index (Phi) is 5.72.